The molecule has 0 heterocycles. The summed E-state index contributed by atoms with van der Waals surface area (Å²) in [5.74, 6) is 0.539. The molecule has 0 aliphatic carbocycles. The Morgan fingerprint density at radius 2 is 1.38 bits per heavy atom. The molecule has 0 radical (unpaired) electrons. The third-order valence-electron chi connectivity index (χ3n) is 5.21. The minimum absolute atomic E-state index is 0.266. The van der Waals surface area contributed by atoms with Gasteiger partial charge in [-0.1, -0.05) is 79.7 Å². The Morgan fingerprint density at radius 1 is 0.812 bits per heavy atom. The van der Waals surface area contributed by atoms with E-state index < -0.39 is 0 Å². The maximum atomic E-state index is 10.9. The molecule has 0 spiro atoms. The molecule has 0 saturated heterocycles. The molecule has 0 amide bonds. The van der Waals surface area contributed by atoms with Gasteiger partial charge in [-0.05, 0) is 53.4 Å². The summed E-state index contributed by atoms with van der Waals surface area (Å²) in [5, 5.41) is 0. The van der Waals surface area contributed by atoms with Crippen molar-refractivity contribution in [3.8, 4) is 5.75 Å². The highest BCUT2D eigenvalue weighted by molar-refractivity contribution is 5.98. The van der Waals surface area contributed by atoms with Gasteiger partial charge in [-0.15, -0.1) is 0 Å². The number of benzene rings is 3. The lowest BCUT2D eigenvalue weighted by Crippen LogP contribution is -2.27. The molecule has 0 aliphatic rings. The highest BCUT2D eigenvalue weighted by atomic mass is 16.5. The first-order chi connectivity index (χ1) is 15.6. The van der Waals surface area contributed by atoms with E-state index in [1.807, 2.05) is 30.1 Å². The zero-order chi connectivity index (χ0) is 22.8. The standard InChI is InChI=1S/C28H31NO3/c1-4-27(23-11-7-5-8-12-23)28(24-13-9-6-10-14-24)25-15-17-26(18-16-25)31-20-19-29(3)21-32-22(2)30/h5-18H,4,19-21H2,1-3H3/b28-27-. The third kappa shape index (κ3) is 6.56. The highest BCUT2D eigenvalue weighted by Crippen LogP contribution is 2.34. The molecular weight excluding hydrogens is 398 g/mol. The lowest BCUT2D eigenvalue weighted by atomic mass is 9.88. The molecule has 4 heteroatoms. The minimum Gasteiger partial charge on any atom is -0.492 e. The van der Waals surface area contributed by atoms with Crippen LogP contribution < -0.4 is 4.74 Å². The first-order valence-electron chi connectivity index (χ1n) is 11.0. The highest BCUT2D eigenvalue weighted by Gasteiger charge is 2.13. The van der Waals surface area contributed by atoms with Crippen LogP contribution in [0, 0.1) is 0 Å². The summed E-state index contributed by atoms with van der Waals surface area (Å²) in [6, 6.07) is 29.4. The maximum absolute atomic E-state index is 10.9. The zero-order valence-electron chi connectivity index (χ0n) is 19.1. The van der Waals surface area contributed by atoms with E-state index in [4.69, 9.17) is 9.47 Å². The van der Waals surface area contributed by atoms with Gasteiger partial charge in [0.15, 0.2) is 0 Å². The third-order valence-corrected chi connectivity index (χ3v) is 5.21. The van der Waals surface area contributed by atoms with Crippen LogP contribution in [0.5, 0.6) is 5.75 Å². The lowest BCUT2D eigenvalue weighted by molar-refractivity contribution is -0.145. The van der Waals surface area contributed by atoms with Crippen LogP contribution >= 0.6 is 0 Å². The van der Waals surface area contributed by atoms with Crippen LogP contribution in [0.3, 0.4) is 0 Å². The Hall–Kier alpha value is -3.37. The van der Waals surface area contributed by atoms with Crippen molar-refractivity contribution in [2.24, 2.45) is 0 Å². The second-order valence-electron chi connectivity index (χ2n) is 7.66. The normalized spacial score (nSPS) is 11.8. The number of ether oxygens (including phenoxy) is 2. The number of hydrogen-bond acceptors (Lipinski definition) is 4. The van der Waals surface area contributed by atoms with Crippen molar-refractivity contribution in [3.05, 3.63) is 102 Å². The second kappa shape index (κ2) is 11.9. The lowest BCUT2D eigenvalue weighted by Gasteiger charge is -2.18. The Morgan fingerprint density at radius 3 is 1.94 bits per heavy atom. The average molecular weight is 430 g/mol. The van der Waals surface area contributed by atoms with Gasteiger partial charge in [-0.25, -0.2) is 0 Å². The van der Waals surface area contributed by atoms with Crippen molar-refractivity contribution in [1.82, 2.24) is 4.90 Å². The van der Waals surface area contributed by atoms with Crippen LogP contribution in [-0.4, -0.2) is 37.8 Å². The molecular formula is C28H31NO3. The molecule has 32 heavy (non-hydrogen) atoms. The van der Waals surface area contributed by atoms with Crippen molar-refractivity contribution in [2.75, 3.05) is 26.9 Å². The summed E-state index contributed by atoms with van der Waals surface area (Å²) in [6.07, 6.45) is 0.932. The van der Waals surface area contributed by atoms with E-state index in [1.54, 1.807) is 0 Å². The Kier molecular flexibility index (Phi) is 8.64. The first-order valence-corrected chi connectivity index (χ1v) is 11.0. The van der Waals surface area contributed by atoms with E-state index >= 15 is 0 Å². The molecule has 3 aromatic rings. The Bertz CT molecular complexity index is 1010. The summed E-state index contributed by atoms with van der Waals surface area (Å²) in [5.41, 5.74) is 6.17. The zero-order valence-corrected chi connectivity index (χ0v) is 19.1. The predicted molar refractivity (Wildman–Crippen MR) is 130 cm³/mol. The molecule has 0 unspecified atom stereocenters. The van der Waals surface area contributed by atoms with E-state index in [2.05, 4.69) is 73.7 Å². The number of allylic oxidation sites excluding steroid dienone is 1. The van der Waals surface area contributed by atoms with Gasteiger partial charge in [0, 0.05) is 13.5 Å². The van der Waals surface area contributed by atoms with Crippen LogP contribution in [0.15, 0.2) is 84.9 Å². The van der Waals surface area contributed by atoms with Crippen LogP contribution in [-0.2, 0) is 9.53 Å². The van der Waals surface area contributed by atoms with E-state index in [9.17, 15) is 4.79 Å². The topological polar surface area (TPSA) is 38.8 Å². The Balaban J connectivity index is 1.80. The monoisotopic (exact) mass is 429 g/mol. The number of nitrogens with zero attached hydrogens (tertiary/aromatic N) is 1. The van der Waals surface area contributed by atoms with Gasteiger partial charge in [0.25, 0.3) is 0 Å². The van der Waals surface area contributed by atoms with Crippen molar-refractivity contribution < 1.29 is 14.3 Å². The predicted octanol–water partition coefficient (Wildman–Crippen LogP) is 5.89. The van der Waals surface area contributed by atoms with Gasteiger partial charge < -0.3 is 9.47 Å². The number of carbonyl (C=O) groups is 1. The number of rotatable bonds is 10. The molecule has 0 N–H and O–H groups in total. The van der Waals surface area contributed by atoms with Crippen molar-refractivity contribution in [1.29, 1.82) is 0 Å². The van der Waals surface area contributed by atoms with Crippen molar-refractivity contribution in [3.63, 3.8) is 0 Å². The molecule has 0 fully saturated rings. The number of hydrogen-bond donors (Lipinski definition) is 0. The van der Waals surface area contributed by atoms with Gasteiger partial charge in [0.2, 0.25) is 0 Å². The minimum atomic E-state index is -0.280. The summed E-state index contributed by atoms with van der Waals surface area (Å²) in [4.78, 5) is 12.8. The van der Waals surface area contributed by atoms with E-state index in [1.165, 1.54) is 29.2 Å². The SMILES string of the molecule is CC/C(=C(\c1ccccc1)c1ccc(OCCN(C)COC(C)=O)cc1)c1ccccc1. The first kappa shape index (κ1) is 23.3. The van der Waals surface area contributed by atoms with Gasteiger partial charge in [0.1, 0.15) is 19.1 Å². The molecule has 0 aromatic heterocycles. The second-order valence-corrected chi connectivity index (χ2v) is 7.66. The Labute approximate surface area is 191 Å². The van der Waals surface area contributed by atoms with Crippen molar-refractivity contribution >= 4 is 17.1 Å². The largest absolute Gasteiger partial charge is 0.492 e. The maximum Gasteiger partial charge on any atom is 0.303 e. The summed E-state index contributed by atoms with van der Waals surface area (Å²) >= 11 is 0. The number of carbonyl (C=O) groups excluding carboxylic acids is 1. The van der Waals surface area contributed by atoms with Gasteiger partial charge >= 0.3 is 5.97 Å². The van der Waals surface area contributed by atoms with E-state index in [0.29, 0.717) is 13.2 Å². The van der Waals surface area contributed by atoms with Crippen molar-refractivity contribution in [2.45, 2.75) is 20.3 Å². The molecule has 3 aromatic carbocycles. The molecule has 166 valence electrons. The molecule has 0 saturated carbocycles. The summed E-state index contributed by atoms with van der Waals surface area (Å²) in [7, 11) is 1.89. The number of esters is 1. The van der Waals surface area contributed by atoms with Crippen LogP contribution in [0.2, 0.25) is 0 Å². The van der Waals surface area contributed by atoms with Gasteiger partial charge in [0.05, 0.1) is 0 Å². The van der Waals surface area contributed by atoms with Crippen LogP contribution in [0.1, 0.15) is 37.0 Å². The van der Waals surface area contributed by atoms with E-state index in [0.717, 1.165) is 17.7 Å². The molecule has 0 bridgehead atoms. The summed E-state index contributed by atoms with van der Waals surface area (Å²) < 4.78 is 10.9. The van der Waals surface area contributed by atoms with Gasteiger partial charge in [-0.2, -0.15) is 0 Å². The van der Waals surface area contributed by atoms with Crippen LogP contribution in [0.4, 0.5) is 0 Å². The molecule has 4 nitrogen and oxygen atoms in total. The quantitative estimate of drug-likeness (QED) is 0.229. The van der Waals surface area contributed by atoms with Crippen LogP contribution in [0.25, 0.3) is 11.1 Å². The number of likely N-dealkylation sites (N-methyl/N-ethyl adjacent to an activating group) is 1. The molecule has 3 rings (SSSR count). The fraction of sp³-hybridized carbons (Fsp3) is 0.250. The fourth-order valence-electron chi connectivity index (χ4n) is 3.59. The van der Waals surface area contributed by atoms with Gasteiger partial charge in [-0.3, -0.25) is 9.69 Å². The average Bonchev–Trinajstić information content (AvgIpc) is 2.83. The molecule has 0 atom stereocenters. The van der Waals surface area contributed by atoms with E-state index in [-0.39, 0.29) is 12.7 Å². The summed E-state index contributed by atoms with van der Waals surface area (Å²) in [6.45, 7) is 5.06. The smallest absolute Gasteiger partial charge is 0.303 e. The fourth-order valence-corrected chi connectivity index (χ4v) is 3.59. The molecule has 0 aliphatic heterocycles.